The first kappa shape index (κ1) is 21.6. The molecule has 0 fully saturated rings. The maximum atomic E-state index is 13.5. The molecule has 3 rings (SSSR count). The third kappa shape index (κ3) is 4.40. The summed E-state index contributed by atoms with van der Waals surface area (Å²) in [6.07, 6.45) is 0.0441. The van der Waals surface area contributed by atoms with Gasteiger partial charge in [-0.15, -0.1) is 0 Å². The fraction of sp³-hybridized carbons (Fsp3) is 0.435. The van der Waals surface area contributed by atoms with Crippen molar-refractivity contribution in [3.8, 4) is 0 Å². The molecule has 30 heavy (non-hydrogen) atoms. The van der Waals surface area contributed by atoms with Gasteiger partial charge in [0.1, 0.15) is 17.7 Å². The molecule has 0 spiro atoms. The van der Waals surface area contributed by atoms with Crippen LogP contribution in [0.4, 0.5) is 10.5 Å². The Morgan fingerprint density at radius 2 is 1.80 bits per heavy atom. The molecule has 2 atom stereocenters. The summed E-state index contributed by atoms with van der Waals surface area (Å²) in [7, 11) is 1.31. The highest BCUT2D eigenvalue weighted by molar-refractivity contribution is 6.07. The van der Waals surface area contributed by atoms with E-state index >= 15 is 0 Å². The summed E-state index contributed by atoms with van der Waals surface area (Å²) < 4.78 is 10.3. The largest absolute Gasteiger partial charge is 0.467 e. The summed E-state index contributed by atoms with van der Waals surface area (Å²) in [5.74, 6) is -0.858. The summed E-state index contributed by atoms with van der Waals surface area (Å²) in [6.45, 7) is 7.06. The molecule has 0 aromatic heterocycles. The van der Waals surface area contributed by atoms with Crippen molar-refractivity contribution in [2.24, 2.45) is 0 Å². The molecule has 0 bridgehead atoms. The number of benzene rings is 2. The molecule has 7 nitrogen and oxygen atoms in total. The van der Waals surface area contributed by atoms with Crippen LogP contribution in [0, 0.1) is 0 Å². The van der Waals surface area contributed by atoms with Crippen LogP contribution in [0.2, 0.25) is 0 Å². The van der Waals surface area contributed by atoms with Crippen molar-refractivity contribution in [3.63, 3.8) is 0 Å². The average molecular weight is 412 g/mol. The molecule has 7 heteroatoms. The van der Waals surface area contributed by atoms with Crippen LogP contribution in [0.1, 0.15) is 39.7 Å². The Morgan fingerprint density at radius 3 is 2.37 bits per heavy atom. The molecule has 1 aliphatic rings. The maximum absolute atomic E-state index is 13.5. The second-order valence-corrected chi connectivity index (χ2v) is 8.39. The third-order valence-electron chi connectivity index (χ3n) is 5.04. The van der Waals surface area contributed by atoms with Crippen molar-refractivity contribution in [1.29, 1.82) is 0 Å². The second kappa shape index (κ2) is 8.34. The maximum Gasteiger partial charge on any atom is 0.408 e. The Bertz CT molecular complexity index is 979. The highest BCUT2D eigenvalue weighted by Gasteiger charge is 2.42. The average Bonchev–Trinajstić information content (AvgIpc) is 3.06. The van der Waals surface area contributed by atoms with Crippen molar-refractivity contribution >= 4 is 34.4 Å². The quantitative estimate of drug-likeness (QED) is 0.776. The lowest BCUT2D eigenvalue weighted by atomic mass is 10.0. The van der Waals surface area contributed by atoms with Crippen molar-refractivity contribution in [2.75, 3.05) is 12.0 Å². The molecular formula is C23H28N2O5. The molecule has 0 saturated heterocycles. The molecule has 1 N–H and O–H groups in total. The van der Waals surface area contributed by atoms with Gasteiger partial charge in [-0.05, 0) is 55.7 Å². The zero-order chi connectivity index (χ0) is 22.1. The Balaban J connectivity index is 1.96. The molecule has 1 heterocycles. The lowest BCUT2D eigenvalue weighted by molar-refractivity contribution is -0.143. The Kier molecular flexibility index (Phi) is 6.01. The minimum absolute atomic E-state index is 0.353. The summed E-state index contributed by atoms with van der Waals surface area (Å²) >= 11 is 0. The SMILES string of the molecule is CC[C@H](NC(=O)OC(C)(C)C)C(=O)N1c2cc3ccccc3cc2CC1C(=O)OC. The van der Waals surface area contributed by atoms with Gasteiger partial charge in [0.2, 0.25) is 0 Å². The van der Waals surface area contributed by atoms with Crippen LogP contribution in [0.25, 0.3) is 10.8 Å². The minimum Gasteiger partial charge on any atom is -0.467 e. The summed E-state index contributed by atoms with van der Waals surface area (Å²) in [4.78, 5) is 39.6. The minimum atomic E-state index is -0.829. The topological polar surface area (TPSA) is 84.9 Å². The number of nitrogens with one attached hydrogen (secondary N) is 1. The van der Waals surface area contributed by atoms with E-state index in [1.807, 2.05) is 36.4 Å². The molecule has 0 radical (unpaired) electrons. The number of alkyl carbamates (subject to hydrolysis) is 1. The van der Waals surface area contributed by atoms with Crippen LogP contribution in [-0.2, 0) is 25.5 Å². The standard InChI is InChI=1S/C23H28N2O5/c1-6-17(24-22(28)30-23(2,3)4)20(26)25-18-12-15-10-8-7-9-14(15)11-16(18)13-19(25)21(27)29-5/h7-12,17,19H,6,13H2,1-5H3,(H,24,28)/t17-,19?/m0/s1. The highest BCUT2D eigenvalue weighted by Crippen LogP contribution is 2.36. The van der Waals surface area contributed by atoms with E-state index in [1.54, 1.807) is 27.7 Å². The molecular weight excluding hydrogens is 384 g/mol. The summed E-state index contributed by atoms with van der Waals surface area (Å²) in [6, 6.07) is 10.1. The number of esters is 1. The molecule has 0 aliphatic carbocycles. The number of rotatable bonds is 4. The van der Waals surface area contributed by atoms with E-state index in [1.165, 1.54) is 12.0 Å². The van der Waals surface area contributed by atoms with Gasteiger partial charge in [0.15, 0.2) is 0 Å². The van der Waals surface area contributed by atoms with Crippen LogP contribution < -0.4 is 10.2 Å². The molecule has 0 saturated carbocycles. The van der Waals surface area contributed by atoms with Gasteiger partial charge < -0.3 is 14.8 Å². The van der Waals surface area contributed by atoms with E-state index in [-0.39, 0.29) is 5.91 Å². The van der Waals surface area contributed by atoms with Gasteiger partial charge in [0.05, 0.1) is 7.11 Å². The van der Waals surface area contributed by atoms with Crippen molar-refractivity contribution < 1.29 is 23.9 Å². The normalized spacial score (nSPS) is 16.7. The first-order valence-electron chi connectivity index (χ1n) is 10.1. The Morgan fingerprint density at radius 1 is 1.17 bits per heavy atom. The van der Waals surface area contributed by atoms with E-state index in [0.29, 0.717) is 18.5 Å². The summed E-state index contributed by atoms with van der Waals surface area (Å²) in [5, 5.41) is 4.64. The third-order valence-corrected chi connectivity index (χ3v) is 5.04. The van der Waals surface area contributed by atoms with Crippen LogP contribution in [-0.4, -0.2) is 42.8 Å². The van der Waals surface area contributed by atoms with E-state index in [0.717, 1.165) is 16.3 Å². The molecule has 2 aromatic rings. The number of fused-ring (bicyclic) bond motifs is 2. The predicted octanol–water partition coefficient (Wildman–Crippen LogP) is 3.57. The van der Waals surface area contributed by atoms with Gasteiger partial charge >= 0.3 is 12.1 Å². The second-order valence-electron chi connectivity index (χ2n) is 8.39. The molecule has 2 amide bonds. The molecule has 160 valence electrons. The zero-order valence-electron chi connectivity index (χ0n) is 18.0. The molecule has 2 aromatic carbocycles. The number of hydrogen-bond acceptors (Lipinski definition) is 5. The number of anilines is 1. The van der Waals surface area contributed by atoms with Crippen LogP contribution in [0.15, 0.2) is 36.4 Å². The van der Waals surface area contributed by atoms with Crippen LogP contribution >= 0.6 is 0 Å². The van der Waals surface area contributed by atoms with Crippen LogP contribution in [0.5, 0.6) is 0 Å². The lowest BCUT2D eigenvalue weighted by Crippen LogP contribution is -2.53. The van der Waals surface area contributed by atoms with E-state index in [4.69, 9.17) is 9.47 Å². The lowest BCUT2D eigenvalue weighted by Gasteiger charge is -2.29. The zero-order valence-corrected chi connectivity index (χ0v) is 18.0. The van der Waals surface area contributed by atoms with Gasteiger partial charge in [-0.2, -0.15) is 0 Å². The fourth-order valence-electron chi connectivity index (χ4n) is 3.68. The van der Waals surface area contributed by atoms with E-state index in [9.17, 15) is 14.4 Å². The van der Waals surface area contributed by atoms with Crippen LogP contribution in [0.3, 0.4) is 0 Å². The number of amides is 2. The van der Waals surface area contributed by atoms with Crippen molar-refractivity contribution in [3.05, 3.63) is 42.0 Å². The van der Waals surface area contributed by atoms with E-state index in [2.05, 4.69) is 5.32 Å². The van der Waals surface area contributed by atoms with E-state index < -0.39 is 29.7 Å². The Hall–Kier alpha value is -3.09. The number of hydrogen-bond donors (Lipinski definition) is 1. The highest BCUT2D eigenvalue weighted by atomic mass is 16.6. The van der Waals surface area contributed by atoms with Gasteiger partial charge in [0.25, 0.3) is 5.91 Å². The monoisotopic (exact) mass is 412 g/mol. The first-order valence-corrected chi connectivity index (χ1v) is 10.1. The summed E-state index contributed by atoms with van der Waals surface area (Å²) in [5.41, 5.74) is 0.877. The van der Waals surface area contributed by atoms with Crippen molar-refractivity contribution in [1.82, 2.24) is 5.32 Å². The van der Waals surface area contributed by atoms with Gasteiger partial charge in [-0.25, -0.2) is 9.59 Å². The number of nitrogens with zero attached hydrogens (tertiary/aromatic N) is 1. The van der Waals surface area contributed by atoms with Gasteiger partial charge in [0, 0.05) is 12.1 Å². The number of ether oxygens (including phenoxy) is 2. The van der Waals surface area contributed by atoms with Gasteiger partial charge in [-0.3, -0.25) is 9.69 Å². The Labute approximate surface area is 176 Å². The first-order chi connectivity index (χ1) is 14.1. The van der Waals surface area contributed by atoms with Gasteiger partial charge in [-0.1, -0.05) is 31.2 Å². The number of methoxy groups -OCH3 is 1. The smallest absolute Gasteiger partial charge is 0.408 e. The number of carbonyl (C=O) groups is 3. The fourth-order valence-corrected chi connectivity index (χ4v) is 3.68. The molecule has 1 aliphatic heterocycles. The van der Waals surface area contributed by atoms with Crippen molar-refractivity contribution in [2.45, 2.75) is 58.2 Å². The predicted molar refractivity (Wildman–Crippen MR) is 114 cm³/mol. The molecule has 1 unspecified atom stereocenters. The number of carbonyl (C=O) groups excluding carboxylic acids is 3.